The Balaban J connectivity index is 4.39. The third-order valence-electron chi connectivity index (χ3n) is 4.05. The molecule has 0 spiro atoms. The minimum atomic E-state index is -1.74. The molecule has 2 heteroatoms. The molecule has 0 heterocycles. The van der Waals surface area contributed by atoms with Gasteiger partial charge in [0.05, 0.1) is 0 Å². The van der Waals surface area contributed by atoms with E-state index in [1.807, 2.05) is 0 Å². The Labute approximate surface area is 120 Å². The Bertz CT molecular complexity index is 121. The van der Waals surface area contributed by atoms with Gasteiger partial charge in [-0.2, -0.15) is 0 Å². The second kappa shape index (κ2) is 12.2. The van der Waals surface area contributed by atoms with E-state index in [-0.39, 0.29) is 0 Å². The third kappa shape index (κ3) is 8.80. The van der Waals surface area contributed by atoms with Gasteiger partial charge in [0.2, 0.25) is 0 Å². The van der Waals surface area contributed by atoms with Gasteiger partial charge in [-0.05, 0) is 0 Å². The van der Waals surface area contributed by atoms with Crippen LogP contribution >= 0.6 is 12.6 Å². The SMILES string of the molecule is CCC[CH2][Sn]([CH2]CCC)([CH2]CCC)[CH2]CCS. The Morgan fingerprint density at radius 2 is 1.00 bits per heavy atom. The summed E-state index contributed by atoms with van der Waals surface area (Å²) in [5, 5.41) is 0. The number of rotatable bonds is 12. The molecule has 0 fully saturated rings. The van der Waals surface area contributed by atoms with E-state index < -0.39 is 18.4 Å². The first-order valence-corrected chi connectivity index (χ1v) is 16.6. The summed E-state index contributed by atoms with van der Waals surface area (Å²) in [7, 11) is 0. The first kappa shape index (κ1) is 18.1. The van der Waals surface area contributed by atoms with Crippen molar-refractivity contribution in [2.75, 3.05) is 5.75 Å². The normalized spacial score (nSPS) is 12.0. The molecule has 0 saturated carbocycles. The number of thiol groups is 1. The van der Waals surface area contributed by atoms with Crippen molar-refractivity contribution in [3.8, 4) is 0 Å². The molecule has 0 bridgehead atoms. The Morgan fingerprint density at radius 3 is 1.29 bits per heavy atom. The van der Waals surface area contributed by atoms with Gasteiger partial charge in [-0.3, -0.25) is 0 Å². The fraction of sp³-hybridized carbons (Fsp3) is 1.00. The van der Waals surface area contributed by atoms with Crippen LogP contribution in [-0.2, 0) is 0 Å². The van der Waals surface area contributed by atoms with E-state index in [1.165, 1.54) is 44.9 Å². The summed E-state index contributed by atoms with van der Waals surface area (Å²) in [5.41, 5.74) is 0. The van der Waals surface area contributed by atoms with Crippen molar-refractivity contribution in [2.24, 2.45) is 0 Å². The maximum atomic E-state index is 4.44. The summed E-state index contributed by atoms with van der Waals surface area (Å²) in [4.78, 5) is 0. The van der Waals surface area contributed by atoms with Crippen LogP contribution in [0.1, 0.15) is 65.7 Å². The summed E-state index contributed by atoms with van der Waals surface area (Å²) in [6, 6.07) is 0. The maximum absolute atomic E-state index is 4.44. The zero-order valence-corrected chi connectivity index (χ0v) is 16.2. The van der Waals surface area contributed by atoms with Gasteiger partial charge in [0.15, 0.2) is 0 Å². The summed E-state index contributed by atoms with van der Waals surface area (Å²) in [6.45, 7) is 7.07. The van der Waals surface area contributed by atoms with Crippen LogP contribution in [0.2, 0.25) is 17.7 Å². The quantitative estimate of drug-likeness (QED) is 0.311. The molecule has 0 aromatic heterocycles. The first-order chi connectivity index (χ1) is 8.24. The molecule has 0 N–H and O–H groups in total. The molecular formula is C15H34SSn. The van der Waals surface area contributed by atoms with Crippen LogP contribution < -0.4 is 0 Å². The molecule has 0 radical (unpaired) electrons. The van der Waals surface area contributed by atoms with Gasteiger partial charge in [0, 0.05) is 0 Å². The van der Waals surface area contributed by atoms with Crippen LogP contribution in [0.4, 0.5) is 0 Å². The molecule has 17 heavy (non-hydrogen) atoms. The molecule has 0 nitrogen and oxygen atoms in total. The average molecular weight is 365 g/mol. The second-order valence-corrected chi connectivity index (χ2v) is 20.4. The zero-order valence-electron chi connectivity index (χ0n) is 12.4. The Hall–Kier alpha value is 1.15. The van der Waals surface area contributed by atoms with Crippen LogP contribution in [0, 0.1) is 0 Å². The fourth-order valence-electron chi connectivity index (χ4n) is 2.86. The summed E-state index contributed by atoms with van der Waals surface area (Å²) in [6.07, 6.45) is 10.1. The molecule has 0 saturated heterocycles. The van der Waals surface area contributed by atoms with E-state index in [0.717, 1.165) is 5.75 Å². The Morgan fingerprint density at radius 1 is 0.647 bits per heavy atom. The minimum absolute atomic E-state index is 1.11. The van der Waals surface area contributed by atoms with Crippen molar-refractivity contribution in [3.63, 3.8) is 0 Å². The Kier molecular flexibility index (Phi) is 13.0. The summed E-state index contributed by atoms with van der Waals surface area (Å²) >= 11 is 2.70. The van der Waals surface area contributed by atoms with Gasteiger partial charge in [0.1, 0.15) is 0 Å². The molecule has 0 aliphatic carbocycles. The van der Waals surface area contributed by atoms with E-state index in [0.29, 0.717) is 0 Å². The van der Waals surface area contributed by atoms with Gasteiger partial charge in [0.25, 0.3) is 0 Å². The van der Waals surface area contributed by atoms with Crippen LogP contribution in [0.25, 0.3) is 0 Å². The molecular weight excluding hydrogens is 331 g/mol. The third-order valence-corrected chi connectivity index (χ3v) is 20.5. The molecule has 0 aromatic rings. The molecule has 0 atom stereocenters. The molecule has 104 valence electrons. The second-order valence-electron chi connectivity index (χ2n) is 5.64. The van der Waals surface area contributed by atoms with Crippen molar-refractivity contribution >= 4 is 31.0 Å². The number of hydrogen-bond donors (Lipinski definition) is 1. The van der Waals surface area contributed by atoms with Crippen molar-refractivity contribution in [3.05, 3.63) is 0 Å². The van der Waals surface area contributed by atoms with E-state index in [4.69, 9.17) is 0 Å². The fourth-order valence-corrected chi connectivity index (χ4v) is 20.2. The molecule has 0 aliphatic rings. The van der Waals surface area contributed by atoms with Crippen molar-refractivity contribution < 1.29 is 0 Å². The van der Waals surface area contributed by atoms with Gasteiger partial charge < -0.3 is 0 Å². The van der Waals surface area contributed by atoms with E-state index in [9.17, 15) is 0 Å². The molecule has 0 amide bonds. The molecule has 0 aliphatic heterocycles. The predicted molar refractivity (Wildman–Crippen MR) is 88.2 cm³/mol. The number of unbranched alkanes of at least 4 members (excludes halogenated alkanes) is 3. The zero-order chi connectivity index (χ0) is 13.0. The van der Waals surface area contributed by atoms with Crippen molar-refractivity contribution in [1.29, 1.82) is 0 Å². The average Bonchev–Trinajstić information content (AvgIpc) is 2.37. The van der Waals surface area contributed by atoms with Crippen molar-refractivity contribution in [1.82, 2.24) is 0 Å². The van der Waals surface area contributed by atoms with Crippen LogP contribution in [0.3, 0.4) is 0 Å². The van der Waals surface area contributed by atoms with Crippen molar-refractivity contribution in [2.45, 2.75) is 83.5 Å². The van der Waals surface area contributed by atoms with E-state index >= 15 is 0 Å². The first-order valence-electron chi connectivity index (χ1n) is 7.85. The van der Waals surface area contributed by atoms with Gasteiger partial charge in [-0.25, -0.2) is 0 Å². The van der Waals surface area contributed by atoms with Crippen LogP contribution in [0.5, 0.6) is 0 Å². The molecule has 0 rings (SSSR count). The summed E-state index contributed by atoms with van der Waals surface area (Å²) in [5.74, 6) is 1.11. The molecule has 0 aromatic carbocycles. The summed E-state index contributed by atoms with van der Waals surface area (Å²) < 4.78 is 6.62. The topological polar surface area (TPSA) is 0 Å². The van der Waals surface area contributed by atoms with Gasteiger partial charge in [-0.15, -0.1) is 0 Å². The molecule has 0 unspecified atom stereocenters. The number of hydrogen-bond acceptors (Lipinski definition) is 1. The standard InChI is InChI=1S/3C4H9.C3H7S.Sn/c3*1-3-4-2;1-2-3-4;/h3*1,3-4H2,2H3;4H,1-3H2;. The predicted octanol–water partition coefficient (Wildman–Crippen LogP) is 6.16. The van der Waals surface area contributed by atoms with Crippen LogP contribution in [-0.4, -0.2) is 24.1 Å². The van der Waals surface area contributed by atoms with Gasteiger partial charge >= 0.3 is 120 Å². The van der Waals surface area contributed by atoms with E-state index in [1.54, 1.807) is 17.7 Å². The van der Waals surface area contributed by atoms with Crippen LogP contribution in [0.15, 0.2) is 0 Å². The monoisotopic (exact) mass is 366 g/mol. The van der Waals surface area contributed by atoms with E-state index in [2.05, 4.69) is 33.4 Å². The van der Waals surface area contributed by atoms with Gasteiger partial charge in [-0.1, -0.05) is 0 Å².